The average Bonchev–Trinajstić information content (AvgIpc) is 2.46. The number of hydrogen-bond donors (Lipinski definition) is 2. The van der Waals surface area contributed by atoms with Gasteiger partial charge in [-0.05, 0) is 6.92 Å². The SMILES string of the molecule is CN=C(NCC(=O)NC)N1CCN(C(C)C(F)(F)F)CC1.I. The van der Waals surface area contributed by atoms with Crippen LogP contribution >= 0.6 is 24.0 Å². The molecule has 1 aliphatic heterocycles. The second kappa shape index (κ2) is 9.38. The van der Waals surface area contributed by atoms with Gasteiger partial charge in [0.25, 0.3) is 0 Å². The Kier molecular flexibility index (Phi) is 9.05. The van der Waals surface area contributed by atoms with E-state index in [0.717, 1.165) is 0 Å². The zero-order valence-corrected chi connectivity index (χ0v) is 15.2. The molecular weight excluding hydrogens is 414 g/mol. The van der Waals surface area contributed by atoms with E-state index in [2.05, 4.69) is 15.6 Å². The van der Waals surface area contributed by atoms with Gasteiger partial charge in [0.15, 0.2) is 5.96 Å². The molecule has 10 heteroatoms. The van der Waals surface area contributed by atoms with E-state index in [1.54, 1.807) is 7.05 Å². The van der Waals surface area contributed by atoms with Crippen molar-refractivity contribution in [2.45, 2.75) is 19.1 Å². The molecule has 130 valence electrons. The van der Waals surface area contributed by atoms with Crippen molar-refractivity contribution in [3.8, 4) is 0 Å². The molecule has 1 heterocycles. The Balaban J connectivity index is 0.00000441. The zero-order chi connectivity index (χ0) is 16.0. The molecule has 0 saturated carbocycles. The highest BCUT2D eigenvalue weighted by Crippen LogP contribution is 2.25. The van der Waals surface area contributed by atoms with Crippen LogP contribution in [0, 0.1) is 0 Å². The highest BCUT2D eigenvalue weighted by Gasteiger charge is 2.41. The van der Waals surface area contributed by atoms with Crippen LogP contribution in [0.25, 0.3) is 0 Å². The number of guanidine groups is 1. The summed E-state index contributed by atoms with van der Waals surface area (Å²) in [5, 5.41) is 5.37. The van der Waals surface area contributed by atoms with Crippen LogP contribution in [0.4, 0.5) is 13.2 Å². The van der Waals surface area contributed by atoms with Crippen LogP contribution in [0.1, 0.15) is 6.92 Å². The average molecular weight is 437 g/mol. The van der Waals surface area contributed by atoms with Gasteiger partial charge in [0.2, 0.25) is 5.91 Å². The second-order valence-corrected chi connectivity index (χ2v) is 4.81. The van der Waals surface area contributed by atoms with Crippen LogP contribution < -0.4 is 10.6 Å². The van der Waals surface area contributed by atoms with Gasteiger partial charge in [-0.15, -0.1) is 24.0 Å². The number of carbonyl (C=O) groups is 1. The van der Waals surface area contributed by atoms with E-state index in [1.807, 2.05) is 4.90 Å². The topological polar surface area (TPSA) is 60.0 Å². The molecule has 6 nitrogen and oxygen atoms in total. The minimum atomic E-state index is -4.21. The van der Waals surface area contributed by atoms with Gasteiger partial charge < -0.3 is 15.5 Å². The first-order valence-electron chi connectivity index (χ1n) is 6.76. The van der Waals surface area contributed by atoms with Gasteiger partial charge in [0.1, 0.15) is 6.04 Å². The molecule has 1 unspecified atom stereocenters. The fraction of sp³-hybridized carbons (Fsp3) is 0.833. The summed E-state index contributed by atoms with van der Waals surface area (Å²) in [4.78, 5) is 18.5. The van der Waals surface area contributed by atoms with Crippen LogP contribution in [0.2, 0.25) is 0 Å². The zero-order valence-electron chi connectivity index (χ0n) is 12.9. The number of amides is 1. The van der Waals surface area contributed by atoms with E-state index < -0.39 is 12.2 Å². The summed E-state index contributed by atoms with van der Waals surface area (Å²) in [5.74, 6) is 0.346. The van der Waals surface area contributed by atoms with E-state index in [0.29, 0.717) is 32.1 Å². The molecule has 0 radical (unpaired) electrons. The van der Waals surface area contributed by atoms with Crippen molar-refractivity contribution in [3.05, 3.63) is 0 Å². The lowest BCUT2D eigenvalue weighted by Gasteiger charge is -2.39. The summed E-state index contributed by atoms with van der Waals surface area (Å²) in [6.07, 6.45) is -4.21. The molecule has 0 spiro atoms. The quantitative estimate of drug-likeness (QED) is 0.384. The van der Waals surface area contributed by atoms with Gasteiger partial charge in [-0.25, -0.2) is 0 Å². The van der Waals surface area contributed by atoms with E-state index in [1.165, 1.54) is 18.9 Å². The van der Waals surface area contributed by atoms with Crippen LogP contribution in [-0.4, -0.2) is 80.7 Å². The van der Waals surface area contributed by atoms with Gasteiger partial charge in [-0.3, -0.25) is 14.7 Å². The predicted molar refractivity (Wildman–Crippen MR) is 89.5 cm³/mol. The maximum Gasteiger partial charge on any atom is 0.403 e. The van der Waals surface area contributed by atoms with Crippen molar-refractivity contribution in [3.63, 3.8) is 0 Å². The fourth-order valence-electron chi connectivity index (χ4n) is 2.11. The van der Waals surface area contributed by atoms with E-state index >= 15 is 0 Å². The molecule has 0 aliphatic carbocycles. The molecule has 0 aromatic carbocycles. The minimum Gasteiger partial charge on any atom is -0.358 e. The van der Waals surface area contributed by atoms with E-state index in [-0.39, 0.29) is 36.4 Å². The third-order valence-corrected chi connectivity index (χ3v) is 3.53. The lowest BCUT2D eigenvalue weighted by molar-refractivity contribution is -0.181. The van der Waals surface area contributed by atoms with Crippen molar-refractivity contribution in [2.24, 2.45) is 4.99 Å². The summed E-state index contributed by atoms with van der Waals surface area (Å²) < 4.78 is 38.0. The highest BCUT2D eigenvalue weighted by atomic mass is 127. The number of nitrogens with one attached hydrogen (secondary N) is 2. The van der Waals surface area contributed by atoms with Crippen molar-refractivity contribution in [1.29, 1.82) is 0 Å². The number of halogens is 4. The lowest BCUT2D eigenvalue weighted by atomic mass is 10.2. The molecule has 1 rings (SSSR count). The van der Waals surface area contributed by atoms with Crippen molar-refractivity contribution in [1.82, 2.24) is 20.4 Å². The van der Waals surface area contributed by atoms with Gasteiger partial charge >= 0.3 is 6.18 Å². The number of likely N-dealkylation sites (N-methyl/N-ethyl adjacent to an activating group) is 1. The van der Waals surface area contributed by atoms with Gasteiger partial charge in [-0.1, -0.05) is 0 Å². The van der Waals surface area contributed by atoms with Crippen molar-refractivity contribution < 1.29 is 18.0 Å². The number of piperazine rings is 1. The van der Waals surface area contributed by atoms with Crippen LogP contribution in [0.3, 0.4) is 0 Å². The van der Waals surface area contributed by atoms with Crippen molar-refractivity contribution >= 4 is 35.8 Å². The smallest absolute Gasteiger partial charge is 0.358 e. The Bertz CT molecular complexity index is 383. The van der Waals surface area contributed by atoms with Gasteiger partial charge in [0, 0.05) is 40.3 Å². The number of carbonyl (C=O) groups excluding carboxylic acids is 1. The number of nitrogens with zero attached hydrogens (tertiary/aromatic N) is 3. The molecule has 1 atom stereocenters. The third-order valence-electron chi connectivity index (χ3n) is 3.53. The fourth-order valence-corrected chi connectivity index (χ4v) is 2.11. The maximum atomic E-state index is 12.7. The Labute approximate surface area is 145 Å². The third kappa shape index (κ3) is 6.15. The molecule has 1 fully saturated rings. The summed E-state index contributed by atoms with van der Waals surface area (Å²) in [5.41, 5.74) is 0. The van der Waals surface area contributed by atoms with Gasteiger partial charge in [0.05, 0.1) is 6.54 Å². The molecule has 1 saturated heterocycles. The standard InChI is InChI=1S/C12H22F3N5O.HI/c1-9(12(13,14)15)19-4-6-20(7-5-19)11(17-3)18-8-10(21)16-2;/h9H,4-8H2,1-3H3,(H,16,21)(H,17,18);1H. The monoisotopic (exact) mass is 437 g/mol. The van der Waals surface area contributed by atoms with E-state index in [4.69, 9.17) is 0 Å². The molecular formula is C12H23F3IN5O. The Morgan fingerprint density at radius 1 is 1.27 bits per heavy atom. The van der Waals surface area contributed by atoms with Gasteiger partial charge in [-0.2, -0.15) is 13.2 Å². The number of rotatable bonds is 3. The van der Waals surface area contributed by atoms with Crippen molar-refractivity contribution in [2.75, 3.05) is 46.8 Å². The first kappa shape index (κ1) is 21.2. The Morgan fingerprint density at radius 2 is 1.82 bits per heavy atom. The van der Waals surface area contributed by atoms with Crippen LogP contribution in [0.15, 0.2) is 4.99 Å². The number of aliphatic imine (C=N–C) groups is 1. The molecule has 0 aromatic heterocycles. The van der Waals surface area contributed by atoms with Crippen LogP contribution in [-0.2, 0) is 4.79 Å². The molecule has 22 heavy (non-hydrogen) atoms. The molecule has 0 aromatic rings. The largest absolute Gasteiger partial charge is 0.403 e. The summed E-state index contributed by atoms with van der Waals surface area (Å²) in [6, 6.07) is -1.44. The minimum absolute atomic E-state index is 0. The second-order valence-electron chi connectivity index (χ2n) is 4.81. The van der Waals surface area contributed by atoms with Crippen LogP contribution in [0.5, 0.6) is 0 Å². The highest BCUT2D eigenvalue weighted by molar-refractivity contribution is 14.0. The first-order valence-corrected chi connectivity index (χ1v) is 6.76. The predicted octanol–water partition coefficient (Wildman–Crippen LogP) is 0.494. The molecule has 1 aliphatic rings. The summed E-state index contributed by atoms with van der Waals surface area (Å²) >= 11 is 0. The summed E-state index contributed by atoms with van der Waals surface area (Å²) in [6.45, 7) is 2.75. The Hall–Kier alpha value is -0.780. The molecule has 0 bridgehead atoms. The summed E-state index contributed by atoms with van der Waals surface area (Å²) in [7, 11) is 3.11. The molecule has 2 N–H and O–H groups in total. The first-order chi connectivity index (χ1) is 9.79. The molecule has 1 amide bonds. The lowest BCUT2D eigenvalue weighted by Crippen LogP contribution is -2.57. The Morgan fingerprint density at radius 3 is 2.23 bits per heavy atom. The number of alkyl halides is 3. The van der Waals surface area contributed by atoms with E-state index in [9.17, 15) is 18.0 Å². The maximum absolute atomic E-state index is 12.7. The normalized spacial score (nSPS) is 18.5. The number of hydrogen-bond acceptors (Lipinski definition) is 3.